The van der Waals surface area contributed by atoms with Crippen LogP contribution < -0.4 is 10.1 Å². The van der Waals surface area contributed by atoms with E-state index in [1.807, 2.05) is 0 Å². The van der Waals surface area contributed by atoms with Gasteiger partial charge in [-0.15, -0.1) is 6.42 Å². The molecule has 1 aromatic rings. The zero-order valence-electron chi connectivity index (χ0n) is 9.08. The van der Waals surface area contributed by atoms with Crippen molar-refractivity contribution in [3.63, 3.8) is 0 Å². The van der Waals surface area contributed by atoms with Gasteiger partial charge in [0.15, 0.2) is 0 Å². The summed E-state index contributed by atoms with van der Waals surface area (Å²) in [5.41, 5.74) is 0.372. The average Bonchev–Trinajstić information content (AvgIpc) is 2.28. The molecule has 0 bridgehead atoms. The maximum Gasteiger partial charge on any atom is 0.256 e. The molecular formula is C12H12ClNO2. The number of terminal acetylenes is 1. The quantitative estimate of drug-likeness (QED) is 0.818. The second-order valence-electron chi connectivity index (χ2n) is 3.21. The van der Waals surface area contributed by atoms with Gasteiger partial charge in [0.25, 0.3) is 5.91 Å². The Balaban J connectivity index is 2.98. The summed E-state index contributed by atoms with van der Waals surface area (Å²) >= 11 is 5.81. The molecule has 1 amide bonds. The molecule has 1 unspecified atom stereocenters. The van der Waals surface area contributed by atoms with E-state index in [1.165, 1.54) is 7.11 Å². The molecule has 0 saturated heterocycles. The highest BCUT2D eigenvalue weighted by molar-refractivity contribution is 6.31. The van der Waals surface area contributed by atoms with Crippen molar-refractivity contribution in [2.24, 2.45) is 0 Å². The van der Waals surface area contributed by atoms with E-state index in [2.05, 4.69) is 11.2 Å². The predicted octanol–water partition coefficient (Wildman–Crippen LogP) is 2.10. The van der Waals surface area contributed by atoms with Crippen LogP contribution in [0.1, 0.15) is 17.3 Å². The van der Waals surface area contributed by atoms with Gasteiger partial charge in [-0.2, -0.15) is 0 Å². The SMILES string of the molecule is C#CC(C)NC(=O)c1cc(Cl)ccc1OC. The Morgan fingerprint density at radius 1 is 1.62 bits per heavy atom. The largest absolute Gasteiger partial charge is 0.496 e. The second kappa shape index (κ2) is 5.43. The van der Waals surface area contributed by atoms with Gasteiger partial charge < -0.3 is 10.1 Å². The van der Waals surface area contributed by atoms with Crippen molar-refractivity contribution >= 4 is 17.5 Å². The molecule has 1 aromatic carbocycles. The Labute approximate surface area is 99.7 Å². The number of carbonyl (C=O) groups excluding carboxylic acids is 1. The molecule has 0 heterocycles. The van der Waals surface area contributed by atoms with Crippen molar-refractivity contribution in [1.82, 2.24) is 5.32 Å². The molecule has 4 heteroatoms. The van der Waals surface area contributed by atoms with Gasteiger partial charge in [-0.3, -0.25) is 4.79 Å². The van der Waals surface area contributed by atoms with Crippen LogP contribution in [0.15, 0.2) is 18.2 Å². The molecule has 0 saturated carbocycles. The normalized spacial score (nSPS) is 11.4. The summed E-state index contributed by atoms with van der Waals surface area (Å²) in [5, 5.41) is 3.11. The fraction of sp³-hybridized carbons (Fsp3) is 0.250. The van der Waals surface area contributed by atoms with E-state index < -0.39 is 0 Å². The number of carbonyl (C=O) groups is 1. The molecule has 0 spiro atoms. The molecule has 0 fully saturated rings. The van der Waals surface area contributed by atoms with Crippen LogP contribution in [0.5, 0.6) is 5.75 Å². The molecule has 0 aliphatic rings. The lowest BCUT2D eigenvalue weighted by atomic mass is 10.1. The average molecular weight is 238 g/mol. The number of rotatable bonds is 3. The Bertz CT molecular complexity index is 437. The lowest BCUT2D eigenvalue weighted by Gasteiger charge is -2.11. The van der Waals surface area contributed by atoms with Gasteiger partial charge in [0.2, 0.25) is 0 Å². The molecule has 0 aliphatic heterocycles. The Hall–Kier alpha value is -1.66. The lowest BCUT2D eigenvalue weighted by Crippen LogP contribution is -2.31. The third kappa shape index (κ3) is 2.91. The minimum Gasteiger partial charge on any atom is -0.496 e. The zero-order chi connectivity index (χ0) is 12.1. The number of methoxy groups -OCH3 is 1. The minimum atomic E-state index is -0.337. The van der Waals surface area contributed by atoms with Gasteiger partial charge in [-0.1, -0.05) is 17.5 Å². The van der Waals surface area contributed by atoms with Crippen LogP contribution in [0, 0.1) is 12.3 Å². The van der Waals surface area contributed by atoms with Crippen LogP contribution in [0.2, 0.25) is 5.02 Å². The summed E-state index contributed by atoms with van der Waals surface area (Å²) in [6.07, 6.45) is 5.18. The van der Waals surface area contributed by atoms with Crippen LogP contribution in [-0.4, -0.2) is 19.1 Å². The van der Waals surface area contributed by atoms with Gasteiger partial charge >= 0.3 is 0 Å². The highest BCUT2D eigenvalue weighted by atomic mass is 35.5. The molecule has 1 atom stereocenters. The van der Waals surface area contributed by atoms with Crippen molar-refractivity contribution < 1.29 is 9.53 Å². The van der Waals surface area contributed by atoms with Crippen molar-refractivity contribution in [3.05, 3.63) is 28.8 Å². The molecule has 84 valence electrons. The Morgan fingerprint density at radius 3 is 2.88 bits per heavy atom. The summed E-state index contributed by atoms with van der Waals surface area (Å²) < 4.78 is 5.07. The van der Waals surface area contributed by atoms with E-state index >= 15 is 0 Å². The molecule has 0 aromatic heterocycles. The summed E-state index contributed by atoms with van der Waals surface area (Å²) in [4.78, 5) is 11.8. The van der Waals surface area contributed by atoms with Gasteiger partial charge in [-0.25, -0.2) is 0 Å². The maximum atomic E-state index is 11.8. The first-order chi connectivity index (χ1) is 7.58. The molecule has 1 rings (SSSR count). The Morgan fingerprint density at radius 2 is 2.31 bits per heavy atom. The van der Waals surface area contributed by atoms with E-state index in [0.717, 1.165) is 0 Å². The fourth-order valence-electron chi connectivity index (χ4n) is 1.17. The van der Waals surface area contributed by atoms with Gasteiger partial charge in [0.1, 0.15) is 5.75 Å². The van der Waals surface area contributed by atoms with Gasteiger partial charge in [0, 0.05) is 5.02 Å². The molecule has 3 nitrogen and oxygen atoms in total. The highest BCUT2D eigenvalue weighted by Crippen LogP contribution is 2.22. The van der Waals surface area contributed by atoms with Crippen molar-refractivity contribution in [3.8, 4) is 18.1 Å². The summed E-state index contributed by atoms with van der Waals surface area (Å²) in [5.74, 6) is 2.57. The van der Waals surface area contributed by atoms with E-state index in [-0.39, 0.29) is 11.9 Å². The fourth-order valence-corrected chi connectivity index (χ4v) is 1.35. The third-order valence-electron chi connectivity index (χ3n) is 2.00. The first-order valence-corrected chi connectivity index (χ1v) is 5.06. The van der Waals surface area contributed by atoms with Crippen molar-refractivity contribution in [1.29, 1.82) is 0 Å². The van der Waals surface area contributed by atoms with Crippen LogP contribution in [0.25, 0.3) is 0 Å². The third-order valence-corrected chi connectivity index (χ3v) is 2.24. The number of halogens is 1. The predicted molar refractivity (Wildman–Crippen MR) is 63.8 cm³/mol. The van der Waals surface area contributed by atoms with E-state index in [0.29, 0.717) is 16.3 Å². The van der Waals surface area contributed by atoms with E-state index in [9.17, 15) is 4.79 Å². The van der Waals surface area contributed by atoms with Crippen LogP contribution >= 0.6 is 11.6 Å². The second-order valence-corrected chi connectivity index (χ2v) is 3.64. The first-order valence-electron chi connectivity index (χ1n) is 4.69. The zero-order valence-corrected chi connectivity index (χ0v) is 9.84. The van der Waals surface area contributed by atoms with Crippen LogP contribution in [-0.2, 0) is 0 Å². The number of ether oxygens (including phenoxy) is 1. The molecular weight excluding hydrogens is 226 g/mol. The summed E-state index contributed by atoms with van der Waals surface area (Å²) in [6.45, 7) is 1.72. The van der Waals surface area contributed by atoms with E-state index in [4.69, 9.17) is 22.8 Å². The monoisotopic (exact) mass is 237 g/mol. The number of amides is 1. The minimum absolute atomic E-state index is 0.301. The van der Waals surface area contributed by atoms with Gasteiger partial charge in [0.05, 0.1) is 18.7 Å². The first kappa shape index (κ1) is 12.4. The summed E-state index contributed by atoms with van der Waals surface area (Å²) in [7, 11) is 1.49. The summed E-state index contributed by atoms with van der Waals surface area (Å²) in [6, 6.07) is 4.50. The lowest BCUT2D eigenvalue weighted by molar-refractivity contribution is 0.0945. The van der Waals surface area contributed by atoms with Crippen molar-refractivity contribution in [2.45, 2.75) is 13.0 Å². The van der Waals surface area contributed by atoms with E-state index in [1.54, 1.807) is 25.1 Å². The number of nitrogens with one attached hydrogen (secondary N) is 1. The number of hydrogen-bond donors (Lipinski definition) is 1. The topological polar surface area (TPSA) is 38.3 Å². The Kier molecular flexibility index (Phi) is 4.21. The number of benzene rings is 1. The standard InChI is InChI=1S/C12H12ClNO2/c1-4-8(2)14-12(15)10-7-9(13)5-6-11(10)16-3/h1,5-8H,2-3H3,(H,14,15). The smallest absolute Gasteiger partial charge is 0.256 e. The van der Waals surface area contributed by atoms with Crippen molar-refractivity contribution in [2.75, 3.05) is 7.11 Å². The highest BCUT2D eigenvalue weighted by Gasteiger charge is 2.13. The molecule has 16 heavy (non-hydrogen) atoms. The molecule has 0 radical (unpaired) electrons. The number of hydrogen-bond acceptors (Lipinski definition) is 2. The molecule has 0 aliphatic carbocycles. The van der Waals surface area contributed by atoms with Crippen LogP contribution in [0.3, 0.4) is 0 Å². The van der Waals surface area contributed by atoms with Gasteiger partial charge in [-0.05, 0) is 25.1 Å². The maximum absolute atomic E-state index is 11.8. The van der Waals surface area contributed by atoms with Crippen LogP contribution in [0.4, 0.5) is 0 Å². The molecule has 1 N–H and O–H groups in total.